The van der Waals surface area contributed by atoms with E-state index in [4.69, 9.17) is 5.11 Å². The van der Waals surface area contributed by atoms with Crippen molar-refractivity contribution < 1.29 is 36.2 Å². The van der Waals surface area contributed by atoms with E-state index < -0.39 is 39.5 Å². The molecule has 0 aliphatic carbocycles. The number of halogens is 3. The maximum atomic E-state index is 12.0. The molecule has 0 aliphatic rings. The zero-order chi connectivity index (χ0) is 15.6. The van der Waals surface area contributed by atoms with Gasteiger partial charge >= 0.3 is 12.3 Å². The van der Waals surface area contributed by atoms with Gasteiger partial charge in [0.1, 0.15) is 12.3 Å². The van der Waals surface area contributed by atoms with Crippen molar-refractivity contribution in [2.45, 2.75) is 11.3 Å². The highest BCUT2D eigenvalue weighted by atomic mass is 32.2. The number of hydrogen-bond acceptors (Lipinski definition) is 4. The first-order valence-electron chi connectivity index (χ1n) is 5.06. The molecule has 0 amide bonds. The molecule has 20 heavy (non-hydrogen) atoms. The Morgan fingerprint density at radius 1 is 1.40 bits per heavy atom. The van der Waals surface area contributed by atoms with Crippen molar-refractivity contribution in [1.29, 1.82) is 0 Å². The van der Waals surface area contributed by atoms with E-state index in [-0.39, 0.29) is 0 Å². The number of alkyl halides is 3. The smallest absolute Gasteiger partial charge is 0.480 e. The van der Waals surface area contributed by atoms with Crippen LogP contribution >= 0.6 is 0 Å². The van der Waals surface area contributed by atoms with E-state index >= 15 is 0 Å². The van der Waals surface area contributed by atoms with Gasteiger partial charge in [-0.3, -0.25) is 4.79 Å². The van der Waals surface area contributed by atoms with Crippen LogP contribution in [0.15, 0.2) is 29.2 Å². The van der Waals surface area contributed by atoms with Crippen LogP contribution in [0.1, 0.15) is 0 Å². The lowest BCUT2D eigenvalue weighted by molar-refractivity contribution is -0.274. The van der Waals surface area contributed by atoms with Gasteiger partial charge < -0.3 is 9.84 Å². The topological polar surface area (TPSA) is 83.9 Å². The Morgan fingerprint density at radius 2 is 2.00 bits per heavy atom. The average molecular weight is 313 g/mol. The third-order valence-corrected chi connectivity index (χ3v) is 3.90. The molecule has 1 aromatic rings. The molecule has 0 aliphatic heterocycles. The van der Waals surface area contributed by atoms with Crippen LogP contribution in [0, 0.1) is 0 Å². The van der Waals surface area contributed by atoms with Gasteiger partial charge in [0.2, 0.25) is 10.0 Å². The number of aliphatic carboxylic acids is 1. The van der Waals surface area contributed by atoms with Gasteiger partial charge in [-0.1, -0.05) is 6.07 Å². The molecular formula is C10H10F3NO5S. The Balaban J connectivity index is 3.07. The number of benzene rings is 1. The van der Waals surface area contributed by atoms with Crippen molar-refractivity contribution in [2.75, 3.05) is 13.6 Å². The Labute approximate surface area is 112 Å². The van der Waals surface area contributed by atoms with E-state index in [1.807, 2.05) is 0 Å². The minimum atomic E-state index is -4.95. The van der Waals surface area contributed by atoms with Crippen LogP contribution in [0.3, 0.4) is 0 Å². The molecule has 0 atom stereocenters. The zero-order valence-corrected chi connectivity index (χ0v) is 10.9. The zero-order valence-electron chi connectivity index (χ0n) is 10.1. The normalized spacial score (nSPS) is 12.4. The number of carbonyl (C=O) groups is 1. The summed E-state index contributed by atoms with van der Waals surface area (Å²) in [4.78, 5) is 9.97. The van der Waals surface area contributed by atoms with E-state index in [1.54, 1.807) is 0 Å². The fourth-order valence-corrected chi connectivity index (χ4v) is 2.44. The monoisotopic (exact) mass is 313 g/mol. The van der Waals surface area contributed by atoms with Crippen molar-refractivity contribution in [3.05, 3.63) is 24.3 Å². The summed E-state index contributed by atoms with van der Waals surface area (Å²) in [5.41, 5.74) is 0. The van der Waals surface area contributed by atoms with Gasteiger partial charge in [0.25, 0.3) is 0 Å². The van der Waals surface area contributed by atoms with E-state index in [1.165, 1.54) is 0 Å². The molecule has 1 rings (SSSR count). The second kappa shape index (κ2) is 5.67. The number of nitrogens with zero attached hydrogens (tertiary/aromatic N) is 1. The van der Waals surface area contributed by atoms with Crippen LogP contribution in [0.5, 0.6) is 5.75 Å². The summed E-state index contributed by atoms with van der Waals surface area (Å²) in [6.07, 6.45) is -4.95. The molecular weight excluding hydrogens is 303 g/mol. The van der Waals surface area contributed by atoms with E-state index in [0.29, 0.717) is 10.4 Å². The van der Waals surface area contributed by atoms with Crippen molar-refractivity contribution in [3.63, 3.8) is 0 Å². The highest BCUT2D eigenvalue weighted by Gasteiger charge is 2.32. The lowest BCUT2D eigenvalue weighted by Crippen LogP contribution is -2.32. The molecule has 1 aromatic carbocycles. The first-order chi connectivity index (χ1) is 9.02. The number of carboxylic acid groups (broad SMARTS) is 1. The summed E-state index contributed by atoms with van der Waals surface area (Å²) in [6.45, 7) is -0.813. The first-order valence-corrected chi connectivity index (χ1v) is 6.50. The van der Waals surface area contributed by atoms with Gasteiger partial charge in [0, 0.05) is 13.1 Å². The third kappa shape index (κ3) is 4.38. The van der Waals surface area contributed by atoms with Crippen LogP contribution < -0.4 is 4.74 Å². The Hall–Kier alpha value is -1.81. The number of carboxylic acids is 1. The molecule has 0 unspecified atom stereocenters. The second-order valence-electron chi connectivity index (χ2n) is 3.68. The molecule has 0 heterocycles. The third-order valence-electron chi connectivity index (χ3n) is 2.11. The maximum Gasteiger partial charge on any atom is 0.573 e. The number of likely N-dealkylation sites (N-methyl/N-ethyl adjacent to an activating group) is 1. The molecule has 0 radical (unpaired) electrons. The molecule has 10 heteroatoms. The number of ether oxygens (including phenoxy) is 1. The van der Waals surface area contributed by atoms with Crippen molar-refractivity contribution in [2.24, 2.45) is 0 Å². The van der Waals surface area contributed by atoms with Gasteiger partial charge in [0.15, 0.2) is 0 Å². The van der Waals surface area contributed by atoms with Gasteiger partial charge in [-0.05, 0) is 12.1 Å². The highest BCUT2D eigenvalue weighted by molar-refractivity contribution is 7.89. The fourth-order valence-electron chi connectivity index (χ4n) is 1.29. The molecule has 0 saturated carbocycles. The average Bonchev–Trinajstić information content (AvgIpc) is 2.26. The van der Waals surface area contributed by atoms with Crippen molar-refractivity contribution in [1.82, 2.24) is 4.31 Å². The summed E-state index contributed by atoms with van der Waals surface area (Å²) >= 11 is 0. The van der Waals surface area contributed by atoms with Crippen LogP contribution in [-0.4, -0.2) is 43.8 Å². The van der Waals surface area contributed by atoms with Gasteiger partial charge in [-0.25, -0.2) is 8.42 Å². The van der Waals surface area contributed by atoms with Crippen LogP contribution in [0.2, 0.25) is 0 Å². The quantitative estimate of drug-likeness (QED) is 0.885. The first kappa shape index (κ1) is 16.2. The molecule has 0 aromatic heterocycles. The van der Waals surface area contributed by atoms with Crippen molar-refractivity contribution >= 4 is 16.0 Å². The van der Waals surface area contributed by atoms with E-state index in [9.17, 15) is 26.4 Å². The van der Waals surface area contributed by atoms with Gasteiger partial charge in [-0.15, -0.1) is 13.2 Å². The summed E-state index contributed by atoms with van der Waals surface area (Å²) < 4.78 is 64.0. The van der Waals surface area contributed by atoms with Gasteiger partial charge in [-0.2, -0.15) is 4.31 Å². The maximum absolute atomic E-state index is 12.0. The summed E-state index contributed by atoms with van der Waals surface area (Å²) in [5, 5.41) is 8.52. The minimum absolute atomic E-state index is 0.497. The van der Waals surface area contributed by atoms with Crippen LogP contribution in [0.25, 0.3) is 0 Å². The number of sulfonamides is 1. The molecule has 1 N–H and O–H groups in total. The summed E-state index contributed by atoms with van der Waals surface area (Å²) in [6, 6.07) is 3.70. The second-order valence-corrected chi connectivity index (χ2v) is 5.72. The SMILES string of the molecule is CN(CC(=O)O)S(=O)(=O)c1cccc(OC(F)(F)F)c1. The molecule has 6 nitrogen and oxygen atoms in total. The van der Waals surface area contributed by atoms with Crippen LogP contribution in [-0.2, 0) is 14.8 Å². The number of rotatable bonds is 5. The van der Waals surface area contributed by atoms with E-state index in [0.717, 1.165) is 25.2 Å². The molecule has 0 bridgehead atoms. The lowest BCUT2D eigenvalue weighted by Gasteiger charge is -2.16. The van der Waals surface area contributed by atoms with Gasteiger partial charge in [0.05, 0.1) is 4.90 Å². The minimum Gasteiger partial charge on any atom is -0.480 e. The molecule has 0 fully saturated rings. The van der Waals surface area contributed by atoms with E-state index in [2.05, 4.69) is 4.74 Å². The number of hydrogen-bond donors (Lipinski definition) is 1. The Bertz CT molecular complexity index is 599. The summed E-state index contributed by atoms with van der Waals surface area (Å²) in [5.74, 6) is -2.10. The van der Waals surface area contributed by atoms with Crippen LogP contribution in [0.4, 0.5) is 13.2 Å². The molecule has 0 saturated heterocycles. The molecule has 0 spiro atoms. The predicted molar refractivity (Wildman–Crippen MR) is 60.6 cm³/mol. The standard InChI is InChI=1S/C10H10F3NO5S/c1-14(6-9(15)16)20(17,18)8-4-2-3-7(5-8)19-10(11,12)13/h2-5H,6H2,1H3,(H,15,16). The Kier molecular flexibility index (Phi) is 4.61. The largest absolute Gasteiger partial charge is 0.573 e. The predicted octanol–water partition coefficient (Wildman–Crippen LogP) is 1.29. The fraction of sp³-hybridized carbons (Fsp3) is 0.300. The van der Waals surface area contributed by atoms with Crippen molar-refractivity contribution in [3.8, 4) is 5.75 Å². The Morgan fingerprint density at radius 3 is 2.50 bits per heavy atom. The highest BCUT2D eigenvalue weighted by Crippen LogP contribution is 2.25. The summed E-state index contributed by atoms with van der Waals surface area (Å²) in [7, 11) is -3.21. The molecule has 112 valence electrons. The lowest BCUT2D eigenvalue weighted by atomic mass is 10.3.